The number of hydrogen-bond acceptors (Lipinski definition) is 3. The Balaban J connectivity index is 2.20. The molecule has 1 atom stereocenters. The Morgan fingerprint density at radius 3 is 2.76 bits per heavy atom. The number of aliphatic hydroxyl groups excluding tert-OH is 1. The molecular weight excluding hydrogens is 224 g/mol. The number of carbonyl (C=O) groups is 2. The van der Waals surface area contributed by atoms with Gasteiger partial charge in [-0.25, -0.2) is 4.79 Å². The molecule has 0 spiro atoms. The molecule has 0 radical (unpaired) electrons. The summed E-state index contributed by atoms with van der Waals surface area (Å²) >= 11 is 0. The number of aliphatic hydroxyl groups is 1. The first-order valence-electron chi connectivity index (χ1n) is 6.02. The zero-order valence-corrected chi connectivity index (χ0v) is 9.89. The molecule has 1 rings (SSSR count). The average molecular weight is 244 g/mol. The van der Waals surface area contributed by atoms with Crippen LogP contribution >= 0.6 is 0 Å². The van der Waals surface area contributed by atoms with Gasteiger partial charge in [-0.1, -0.05) is 0 Å². The SMILES string of the molecule is O=C(O)CCCNC(=O)N1CCCC(O)CC1. The van der Waals surface area contributed by atoms with Crippen molar-refractivity contribution < 1.29 is 19.8 Å². The van der Waals surface area contributed by atoms with E-state index in [0.717, 1.165) is 12.8 Å². The van der Waals surface area contributed by atoms with E-state index in [-0.39, 0.29) is 18.6 Å². The second-order valence-electron chi connectivity index (χ2n) is 4.30. The molecule has 98 valence electrons. The van der Waals surface area contributed by atoms with E-state index in [2.05, 4.69) is 5.32 Å². The summed E-state index contributed by atoms with van der Waals surface area (Å²) < 4.78 is 0. The van der Waals surface area contributed by atoms with Gasteiger partial charge in [0.05, 0.1) is 6.10 Å². The fourth-order valence-corrected chi connectivity index (χ4v) is 1.83. The van der Waals surface area contributed by atoms with Gasteiger partial charge in [0.1, 0.15) is 0 Å². The summed E-state index contributed by atoms with van der Waals surface area (Å²) in [6.07, 6.45) is 2.37. The number of carbonyl (C=O) groups excluding carboxylic acids is 1. The smallest absolute Gasteiger partial charge is 0.317 e. The Kier molecular flexibility index (Phi) is 5.76. The number of urea groups is 1. The van der Waals surface area contributed by atoms with E-state index in [0.29, 0.717) is 32.5 Å². The summed E-state index contributed by atoms with van der Waals surface area (Å²) in [6.45, 7) is 1.60. The van der Waals surface area contributed by atoms with Gasteiger partial charge < -0.3 is 20.4 Å². The Bertz CT molecular complexity index is 270. The first-order valence-corrected chi connectivity index (χ1v) is 6.02. The predicted molar refractivity (Wildman–Crippen MR) is 61.7 cm³/mol. The van der Waals surface area contributed by atoms with Crippen LogP contribution in [0.25, 0.3) is 0 Å². The van der Waals surface area contributed by atoms with Crippen molar-refractivity contribution in [2.45, 2.75) is 38.2 Å². The van der Waals surface area contributed by atoms with Crippen LogP contribution in [0.3, 0.4) is 0 Å². The lowest BCUT2D eigenvalue weighted by atomic mass is 10.2. The van der Waals surface area contributed by atoms with Gasteiger partial charge in [0.2, 0.25) is 0 Å². The van der Waals surface area contributed by atoms with Crippen LogP contribution in [0, 0.1) is 0 Å². The average Bonchev–Trinajstić information content (AvgIpc) is 2.49. The normalized spacial score (nSPS) is 20.8. The maximum absolute atomic E-state index is 11.7. The first kappa shape index (κ1) is 13.8. The molecule has 1 heterocycles. The second-order valence-corrected chi connectivity index (χ2v) is 4.30. The van der Waals surface area contributed by atoms with Crippen molar-refractivity contribution in [2.75, 3.05) is 19.6 Å². The molecule has 0 aromatic carbocycles. The quantitative estimate of drug-likeness (QED) is 0.625. The van der Waals surface area contributed by atoms with E-state index < -0.39 is 5.97 Å². The largest absolute Gasteiger partial charge is 0.481 e. The minimum absolute atomic E-state index is 0.0684. The van der Waals surface area contributed by atoms with E-state index >= 15 is 0 Å². The highest BCUT2D eigenvalue weighted by Crippen LogP contribution is 2.10. The molecule has 6 nitrogen and oxygen atoms in total. The molecule has 2 amide bonds. The van der Waals surface area contributed by atoms with Crippen LogP contribution in [0.5, 0.6) is 0 Å². The minimum Gasteiger partial charge on any atom is -0.481 e. The van der Waals surface area contributed by atoms with E-state index in [1.807, 2.05) is 0 Å². The Hall–Kier alpha value is -1.30. The lowest BCUT2D eigenvalue weighted by molar-refractivity contribution is -0.137. The van der Waals surface area contributed by atoms with Crippen LogP contribution in [0.4, 0.5) is 4.79 Å². The van der Waals surface area contributed by atoms with Crippen LogP contribution in [0.15, 0.2) is 0 Å². The molecule has 0 aromatic heterocycles. The summed E-state index contributed by atoms with van der Waals surface area (Å²) in [5.74, 6) is -0.850. The molecule has 0 saturated carbocycles. The van der Waals surface area contributed by atoms with Crippen molar-refractivity contribution in [3.63, 3.8) is 0 Å². The molecule has 0 bridgehead atoms. The molecule has 6 heteroatoms. The minimum atomic E-state index is -0.850. The molecule has 0 aromatic rings. The maximum atomic E-state index is 11.7. The number of nitrogens with zero attached hydrogens (tertiary/aromatic N) is 1. The Labute approximate surface area is 101 Å². The van der Waals surface area contributed by atoms with Crippen molar-refractivity contribution in [1.29, 1.82) is 0 Å². The number of carboxylic acids is 1. The summed E-state index contributed by atoms with van der Waals surface area (Å²) in [5, 5.41) is 20.6. The van der Waals surface area contributed by atoms with Crippen molar-refractivity contribution >= 4 is 12.0 Å². The fraction of sp³-hybridized carbons (Fsp3) is 0.818. The standard InChI is InChI=1S/C11H20N2O4/c14-9-3-2-7-13(8-5-9)11(17)12-6-1-4-10(15)16/h9,14H,1-8H2,(H,12,17)(H,15,16). The zero-order valence-electron chi connectivity index (χ0n) is 9.89. The van der Waals surface area contributed by atoms with Gasteiger partial charge in [0.25, 0.3) is 0 Å². The van der Waals surface area contributed by atoms with E-state index in [1.54, 1.807) is 4.90 Å². The fourth-order valence-electron chi connectivity index (χ4n) is 1.83. The molecule has 1 aliphatic heterocycles. The summed E-state index contributed by atoms with van der Waals surface area (Å²) in [4.78, 5) is 23.6. The van der Waals surface area contributed by atoms with Crippen LogP contribution in [-0.2, 0) is 4.79 Å². The van der Waals surface area contributed by atoms with Gasteiger partial charge in [-0.15, -0.1) is 0 Å². The third kappa shape index (κ3) is 5.53. The van der Waals surface area contributed by atoms with Gasteiger partial charge >= 0.3 is 12.0 Å². The molecule has 0 aliphatic carbocycles. The first-order chi connectivity index (χ1) is 8.09. The number of likely N-dealkylation sites (tertiary alicyclic amines) is 1. The number of carboxylic acid groups (broad SMARTS) is 1. The number of amides is 2. The van der Waals surface area contributed by atoms with Crippen LogP contribution in [0.2, 0.25) is 0 Å². The van der Waals surface area contributed by atoms with Crippen molar-refractivity contribution in [3.05, 3.63) is 0 Å². The van der Waals surface area contributed by atoms with Crippen molar-refractivity contribution in [3.8, 4) is 0 Å². The number of rotatable bonds is 4. The highest BCUT2D eigenvalue weighted by molar-refractivity contribution is 5.74. The zero-order chi connectivity index (χ0) is 12.7. The van der Waals surface area contributed by atoms with Gasteiger partial charge in [-0.3, -0.25) is 4.79 Å². The maximum Gasteiger partial charge on any atom is 0.317 e. The van der Waals surface area contributed by atoms with Gasteiger partial charge in [-0.2, -0.15) is 0 Å². The van der Waals surface area contributed by atoms with E-state index in [4.69, 9.17) is 5.11 Å². The molecule has 3 N–H and O–H groups in total. The molecule has 1 aliphatic rings. The lowest BCUT2D eigenvalue weighted by Gasteiger charge is -2.20. The third-order valence-electron chi connectivity index (χ3n) is 2.83. The van der Waals surface area contributed by atoms with Gasteiger partial charge in [-0.05, 0) is 25.7 Å². The van der Waals surface area contributed by atoms with Crippen molar-refractivity contribution in [2.24, 2.45) is 0 Å². The molecule has 1 unspecified atom stereocenters. The molecule has 1 saturated heterocycles. The van der Waals surface area contributed by atoms with Crippen LogP contribution in [0.1, 0.15) is 32.1 Å². The lowest BCUT2D eigenvalue weighted by Crippen LogP contribution is -2.41. The van der Waals surface area contributed by atoms with Gasteiger partial charge in [0, 0.05) is 26.1 Å². The summed E-state index contributed by atoms with van der Waals surface area (Å²) in [7, 11) is 0. The van der Waals surface area contributed by atoms with E-state index in [1.165, 1.54) is 0 Å². The molecule has 17 heavy (non-hydrogen) atoms. The Morgan fingerprint density at radius 1 is 1.29 bits per heavy atom. The monoisotopic (exact) mass is 244 g/mol. The number of nitrogens with one attached hydrogen (secondary N) is 1. The Morgan fingerprint density at radius 2 is 2.06 bits per heavy atom. The van der Waals surface area contributed by atoms with E-state index in [9.17, 15) is 14.7 Å². The highest BCUT2D eigenvalue weighted by atomic mass is 16.4. The predicted octanol–water partition coefficient (Wildman–Crippen LogP) is 0.408. The summed E-state index contributed by atoms with van der Waals surface area (Å²) in [5.41, 5.74) is 0. The molecule has 1 fully saturated rings. The van der Waals surface area contributed by atoms with Crippen molar-refractivity contribution in [1.82, 2.24) is 10.2 Å². The second kappa shape index (κ2) is 7.11. The van der Waals surface area contributed by atoms with Crippen LogP contribution < -0.4 is 5.32 Å². The van der Waals surface area contributed by atoms with Crippen LogP contribution in [-0.4, -0.2) is 52.9 Å². The third-order valence-corrected chi connectivity index (χ3v) is 2.83. The number of hydrogen-bond donors (Lipinski definition) is 3. The molecular formula is C11H20N2O4. The topological polar surface area (TPSA) is 89.9 Å². The highest BCUT2D eigenvalue weighted by Gasteiger charge is 2.18. The number of aliphatic carboxylic acids is 1. The van der Waals surface area contributed by atoms with Gasteiger partial charge in [0.15, 0.2) is 0 Å². The summed E-state index contributed by atoms with van der Waals surface area (Å²) in [6, 6.07) is -0.163.